The lowest BCUT2D eigenvalue weighted by Gasteiger charge is -2.12. The highest BCUT2D eigenvalue weighted by Crippen LogP contribution is 2.37. The van der Waals surface area contributed by atoms with Gasteiger partial charge in [-0.2, -0.15) is 5.10 Å². The molecule has 1 aliphatic heterocycles. The Morgan fingerprint density at radius 3 is 2.74 bits per heavy atom. The van der Waals surface area contributed by atoms with Gasteiger partial charge in [-0.05, 0) is 43.3 Å². The molecule has 0 bridgehead atoms. The van der Waals surface area contributed by atoms with E-state index in [0.29, 0.717) is 6.61 Å². The Kier molecular flexibility index (Phi) is 3.30. The number of ether oxygens (including phenoxy) is 2. The Balaban J connectivity index is 1.91. The zero-order valence-corrected chi connectivity index (χ0v) is 13.2. The van der Waals surface area contributed by atoms with E-state index >= 15 is 0 Å². The number of benzene rings is 2. The lowest BCUT2D eigenvalue weighted by Crippen LogP contribution is -2.00. The van der Waals surface area contributed by atoms with Crippen molar-refractivity contribution in [2.45, 2.75) is 13.3 Å². The van der Waals surface area contributed by atoms with Crippen LogP contribution in [0.4, 0.5) is 0 Å². The molecule has 4 heteroatoms. The number of hydrogen-bond acceptors (Lipinski definition) is 3. The fourth-order valence-corrected chi connectivity index (χ4v) is 3.00. The summed E-state index contributed by atoms with van der Waals surface area (Å²) in [5, 5.41) is 4.61. The second-order valence-corrected chi connectivity index (χ2v) is 5.73. The summed E-state index contributed by atoms with van der Waals surface area (Å²) in [4.78, 5) is 0. The van der Waals surface area contributed by atoms with Crippen molar-refractivity contribution in [3.8, 4) is 28.4 Å². The highest BCUT2D eigenvalue weighted by molar-refractivity contribution is 5.73. The molecule has 0 N–H and O–H groups in total. The van der Waals surface area contributed by atoms with Gasteiger partial charge in [0.2, 0.25) is 0 Å². The average Bonchev–Trinajstić information content (AvgIpc) is 2.92. The number of hydrogen-bond donors (Lipinski definition) is 0. The molecule has 0 unspecified atom stereocenters. The van der Waals surface area contributed by atoms with Crippen LogP contribution in [0.1, 0.15) is 11.1 Å². The van der Waals surface area contributed by atoms with Gasteiger partial charge in [-0.1, -0.05) is 11.6 Å². The van der Waals surface area contributed by atoms with Crippen molar-refractivity contribution in [2.75, 3.05) is 13.7 Å². The van der Waals surface area contributed by atoms with Crippen LogP contribution in [0.15, 0.2) is 48.7 Å². The van der Waals surface area contributed by atoms with Crippen LogP contribution in [0.5, 0.6) is 11.5 Å². The van der Waals surface area contributed by atoms with Gasteiger partial charge < -0.3 is 9.47 Å². The third-order valence-corrected chi connectivity index (χ3v) is 4.18. The fourth-order valence-electron chi connectivity index (χ4n) is 3.00. The van der Waals surface area contributed by atoms with Crippen LogP contribution in [0, 0.1) is 6.92 Å². The monoisotopic (exact) mass is 306 g/mol. The fraction of sp³-hybridized carbons (Fsp3) is 0.211. The predicted octanol–water partition coefficient (Wildman–Crippen LogP) is 3.79. The summed E-state index contributed by atoms with van der Waals surface area (Å²) in [6.45, 7) is 2.77. The molecular formula is C19H18N2O2. The molecule has 4 rings (SSSR count). The van der Waals surface area contributed by atoms with E-state index in [4.69, 9.17) is 9.47 Å². The predicted molar refractivity (Wildman–Crippen MR) is 89.5 cm³/mol. The van der Waals surface area contributed by atoms with Gasteiger partial charge in [-0.15, -0.1) is 0 Å². The number of nitrogens with zero attached hydrogens (tertiary/aromatic N) is 2. The number of rotatable bonds is 2. The molecule has 0 radical (unpaired) electrons. The van der Waals surface area contributed by atoms with E-state index in [9.17, 15) is 0 Å². The maximum atomic E-state index is 5.91. The van der Waals surface area contributed by atoms with Gasteiger partial charge in [0.1, 0.15) is 11.5 Å². The van der Waals surface area contributed by atoms with Crippen molar-refractivity contribution in [2.24, 2.45) is 0 Å². The molecule has 3 aromatic rings. The van der Waals surface area contributed by atoms with Crippen molar-refractivity contribution in [3.63, 3.8) is 0 Å². The second-order valence-electron chi connectivity index (χ2n) is 5.73. The Bertz CT molecular complexity index is 850. The first-order valence-electron chi connectivity index (χ1n) is 7.71. The number of aryl methyl sites for hydroxylation is 1. The van der Waals surface area contributed by atoms with E-state index < -0.39 is 0 Å². The Hall–Kier alpha value is -2.75. The third-order valence-electron chi connectivity index (χ3n) is 4.18. The first kappa shape index (κ1) is 13.9. The molecule has 4 nitrogen and oxygen atoms in total. The summed E-state index contributed by atoms with van der Waals surface area (Å²) in [6, 6.07) is 14.2. The van der Waals surface area contributed by atoms with Crippen LogP contribution >= 0.6 is 0 Å². The van der Waals surface area contributed by atoms with Crippen LogP contribution in [0.2, 0.25) is 0 Å². The topological polar surface area (TPSA) is 36.3 Å². The van der Waals surface area contributed by atoms with Crippen LogP contribution < -0.4 is 9.47 Å². The minimum absolute atomic E-state index is 0.678. The van der Waals surface area contributed by atoms with Crippen molar-refractivity contribution in [1.82, 2.24) is 9.78 Å². The number of methoxy groups -OCH3 is 1. The third kappa shape index (κ3) is 2.36. The molecule has 0 spiro atoms. The van der Waals surface area contributed by atoms with E-state index in [1.165, 1.54) is 11.1 Å². The van der Waals surface area contributed by atoms with Crippen molar-refractivity contribution in [1.29, 1.82) is 0 Å². The summed E-state index contributed by atoms with van der Waals surface area (Å²) in [5.41, 5.74) is 5.66. The first-order valence-corrected chi connectivity index (χ1v) is 7.71. The van der Waals surface area contributed by atoms with Crippen LogP contribution in [-0.4, -0.2) is 23.5 Å². The maximum absolute atomic E-state index is 5.91. The SMILES string of the molecule is COc1ccc(-n2ncc3c2-c2cc(C)ccc2OCC3)cc1. The summed E-state index contributed by atoms with van der Waals surface area (Å²) < 4.78 is 13.1. The summed E-state index contributed by atoms with van der Waals surface area (Å²) in [5.74, 6) is 1.76. The molecule has 116 valence electrons. The average molecular weight is 306 g/mol. The highest BCUT2D eigenvalue weighted by Gasteiger charge is 2.21. The van der Waals surface area contributed by atoms with Crippen molar-refractivity contribution >= 4 is 0 Å². The summed E-state index contributed by atoms with van der Waals surface area (Å²) in [7, 11) is 1.67. The maximum Gasteiger partial charge on any atom is 0.128 e. The molecule has 0 fully saturated rings. The van der Waals surface area contributed by atoms with Crippen molar-refractivity contribution < 1.29 is 9.47 Å². The molecule has 0 atom stereocenters. The molecule has 2 aromatic carbocycles. The molecule has 0 amide bonds. The summed E-state index contributed by atoms with van der Waals surface area (Å²) in [6.07, 6.45) is 2.81. The standard InChI is InChI=1S/C19H18N2O2/c1-13-3-8-18-17(11-13)19-14(9-10-23-18)12-20-21(19)15-4-6-16(22-2)7-5-15/h3-8,11-12H,9-10H2,1-2H3. The van der Waals surface area contributed by atoms with Gasteiger partial charge in [0.15, 0.2) is 0 Å². The van der Waals surface area contributed by atoms with Gasteiger partial charge in [-0.3, -0.25) is 0 Å². The van der Waals surface area contributed by atoms with Gasteiger partial charge in [0, 0.05) is 17.5 Å². The van der Waals surface area contributed by atoms with E-state index in [2.05, 4.69) is 24.2 Å². The normalized spacial score (nSPS) is 12.8. The number of fused-ring (bicyclic) bond motifs is 3. The van der Waals surface area contributed by atoms with Crippen LogP contribution in [0.25, 0.3) is 16.9 Å². The minimum atomic E-state index is 0.678. The minimum Gasteiger partial charge on any atom is -0.497 e. The Morgan fingerprint density at radius 1 is 1.13 bits per heavy atom. The molecule has 0 saturated carbocycles. The van der Waals surface area contributed by atoms with E-state index in [1.807, 2.05) is 41.2 Å². The van der Waals surface area contributed by atoms with Gasteiger partial charge in [0.05, 0.1) is 31.3 Å². The first-order chi connectivity index (χ1) is 11.3. The van der Waals surface area contributed by atoms with E-state index in [-0.39, 0.29) is 0 Å². The van der Waals surface area contributed by atoms with E-state index in [0.717, 1.165) is 34.9 Å². The molecule has 0 saturated heterocycles. The molecule has 2 heterocycles. The van der Waals surface area contributed by atoms with Crippen LogP contribution in [0.3, 0.4) is 0 Å². The molecule has 1 aliphatic rings. The van der Waals surface area contributed by atoms with Crippen LogP contribution in [-0.2, 0) is 6.42 Å². The van der Waals surface area contributed by atoms with E-state index in [1.54, 1.807) is 7.11 Å². The molecule has 0 aliphatic carbocycles. The lowest BCUT2D eigenvalue weighted by atomic mass is 10.0. The zero-order valence-electron chi connectivity index (χ0n) is 13.2. The Morgan fingerprint density at radius 2 is 1.96 bits per heavy atom. The lowest BCUT2D eigenvalue weighted by molar-refractivity contribution is 0.326. The molecular weight excluding hydrogens is 288 g/mol. The second kappa shape index (κ2) is 5.47. The Labute approximate surface area is 135 Å². The number of aromatic nitrogens is 2. The van der Waals surface area contributed by atoms with Gasteiger partial charge in [0.25, 0.3) is 0 Å². The van der Waals surface area contributed by atoms with Gasteiger partial charge in [-0.25, -0.2) is 4.68 Å². The quantitative estimate of drug-likeness (QED) is 0.722. The van der Waals surface area contributed by atoms with Gasteiger partial charge >= 0.3 is 0 Å². The largest absolute Gasteiger partial charge is 0.497 e. The molecule has 23 heavy (non-hydrogen) atoms. The smallest absolute Gasteiger partial charge is 0.128 e. The summed E-state index contributed by atoms with van der Waals surface area (Å²) >= 11 is 0. The highest BCUT2D eigenvalue weighted by atomic mass is 16.5. The molecule has 1 aromatic heterocycles. The zero-order chi connectivity index (χ0) is 15.8. The van der Waals surface area contributed by atoms with Crippen molar-refractivity contribution in [3.05, 3.63) is 59.8 Å².